The van der Waals surface area contributed by atoms with Gasteiger partial charge in [0.15, 0.2) is 0 Å². The molecule has 0 amide bonds. The Bertz CT molecular complexity index is 160. The van der Waals surface area contributed by atoms with Gasteiger partial charge in [-0.3, -0.25) is 0 Å². The van der Waals surface area contributed by atoms with Crippen LogP contribution in [0.5, 0.6) is 0 Å². The second kappa shape index (κ2) is 5.99. The van der Waals surface area contributed by atoms with Crippen LogP contribution in [-0.4, -0.2) is 27.7 Å². The van der Waals surface area contributed by atoms with E-state index in [0.29, 0.717) is 5.95 Å². The van der Waals surface area contributed by atoms with Gasteiger partial charge in [0.2, 0.25) is 5.95 Å². The van der Waals surface area contributed by atoms with Crippen molar-refractivity contribution in [2.75, 3.05) is 5.73 Å². The second-order valence-corrected chi connectivity index (χ2v) is 1.22. The Kier molecular flexibility index (Phi) is 5.31. The van der Waals surface area contributed by atoms with Crippen LogP contribution in [0, 0.1) is 0 Å². The summed E-state index contributed by atoms with van der Waals surface area (Å²) in [5.41, 5.74) is 5.14. The van der Waals surface area contributed by atoms with Crippen LogP contribution in [0.4, 0.5) is 5.95 Å². The number of aromatic nitrogens is 2. The minimum atomic E-state index is 0. The zero-order valence-electron chi connectivity index (χ0n) is 5.18. The third-order valence-electron chi connectivity index (χ3n) is 0.586. The first-order valence-electron chi connectivity index (χ1n) is 2.44. The Labute approximate surface area is 58.9 Å². The molecular weight excluding hydrogens is 133 g/mol. The summed E-state index contributed by atoms with van der Waals surface area (Å²) in [5, 5.41) is 14.0. The molecule has 6 heteroatoms. The molecule has 0 spiro atoms. The summed E-state index contributed by atoms with van der Waals surface area (Å²) in [6, 6.07) is 1.72. The predicted molar refractivity (Wildman–Crippen MR) is 36.6 cm³/mol. The molecule has 4 N–H and O–H groups in total. The Morgan fingerprint density at radius 1 is 1.30 bits per heavy atom. The second-order valence-electron chi connectivity index (χ2n) is 1.22. The standard InChI is InChI=1S/C4H5N3.BH2O2/c5-4-6-2-1-3-7-4;2-1-3/h1-3H,(H2,5,6,7);2-3H. The van der Waals surface area contributed by atoms with Crippen LogP contribution < -0.4 is 5.73 Å². The SMILES string of the molecule is Nc1ncccn1.O[B]O. The first-order chi connectivity index (χ1) is 4.81. The van der Waals surface area contributed by atoms with Crippen LogP contribution in [0.1, 0.15) is 0 Å². The predicted octanol–water partition coefficient (Wildman–Crippen LogP) is -1.44. The van der Waals surface area contributed by atoms with Gasteiger partial charge in [0.05, 0.1) is 0 Å². The summed E-state index contributed by atoms with van der Waals surface area (Å²) in [6.07, 6.45) is 3.20. The van der Waals surface area contributed by atoms with Gasteiger partial charge in [-0.05, 0) is 6.07 Å². The third-order valence-corrected chi connectivity index (χ3v) is 0.586. The summed E-state index contributed by atoms with van der Waals surface area (Å²) in [5.74, 6) is 0.322. The van der Waals surface area contributed by atoms with E-state index in [9.17, 15) is 0 Å². The van der Waals surface area contributed by atoms with Crippen LogP contribution in [-0.2, 0) is 0 Å². The molecule has 1 aromatic rings. The van der Waals surface area contributed by atoms with Crippen molar-refractivity contribution < 1.29 is 10.0 Å². The number of nitrogen functional groups attached to an aromatic ring is 1. The maximum atomic E-state index is 7.00. The lowest BCUT2D eigenvalue weighted by atomic mass is 10.5. The van der Waals surface area contributed by atoms with E-state index in [0.717, 1.165) is 0 Å². The highest BCUT2D eigenvalue weighted by molar-refractivity contribution is 6.13. The van der Waals surface area contributed by atoms with Crippen molar-refractivity contribution in [3.8, 4) is 0 Å². The highest BCUT2D eigenvalue weighted by Gasteiger charge is 1.75. The van der Waals surface area contributed by atoms with Gasteiger partial charge in [-0.1, -0.05) is 0 Å². The minimum absolute atomic E-state index is 0. The van der Waals surface area contributed by atoms with E-state index in [-0.39, 0.29) is 7.69 Å². The normalized spacial score (nSPS) is 7.40. The van der Waals surface area contributed by atoms with Crippen LogP contribution in [0.15, 0.2) is 18.5 Å². The molecule has 0 aliphatic carbocycles. The number of hydrogen-bond acceptors (Lipinski definition) is 5. The Hall–Kier alpha value is -1.14. The van der Waals surface area contributed by atoms with Crippen molar-refractivity contribution >= 4 is 13.6 Å². The van der Waals surface area contributed by atoms with Crippen molar-refractivity contribution in [2.24, 2.45) is 0 Å². The summed E-state index contributed by atoms with van der Waals surface area (Å²) >= 11 is 0. The first-order valence-corrected chi connectivity index (χ1v) is 2.44. The summed E-state index contributed by atoms with van der Waals surface area (Å²) < 4.78 is 0. The maximum absolute atomic E-state index is 7.00. The lowest BCUT2D eigenvalue weighted by Crippen LogP contribution is -1.90. The smallest absolute Gasteiger partial charge is 0.429 e. The van der Waals surface area contributed by atoms with Crippen molar-refractivity contribution in [1.29, 1.82) is 0 Å². The van der Waals surface area contributed by atoms with E-state index in [2.05, 4.69) is 9.97 Å². The minimum Gasteiger partial charge on any atom is -0.429 e. The van der Waals surface area contributed by atoms with Gasteiger partial charge in [-0.15, -0.1) is 0 Å². The largest absolute Gasteiger partial charge is 0.482 e. The molecule has 0 bridgehead atoms. The molecule has 0 aromatic carbocycles. The van der Waals surface area contributed by atoms with Gasteiger partial charge in [-0.25, -0.2) is 9.97 Å². The Balaban J connectivity index is 0.000000236. The molecule has 0 saturated heterocycles. The van der Waals surface area contributed by atoms with Crippen LogP contribution >= 0.6 is 0 Å². The fourth-order valence-corrected chi connectivity index (χ4v) is 0.311. The monoisotopic (exact) mass is 140 g/mol. The summed E-state index contributed by atoms with van der Waals surface area (Å²) in [7, 11) is 0. The molecule has 0 aliphatic rings. The van der Waals surface area contributed by atoms with Gasteiger partial charge in [0.1, 0.15) is 0 Å². The molecule has 1 aromatic heterocycles. The average Bonchev–Trinajstić information content (AvgIpc) is 1.91. The van der Waals surface area contributed by atoms with E-state index in [4.69, 9.17) is 15.8 Å². The molecule has 1 rings (SSSR count). The molecular formula is C4H7BN3O2. The lowest BCUT2D eigenvalue weighted by molar-refractivity contribution is 0.448. The van der Waals surface area contributed by atoms with E-state index in [1.54, 1.807) is 18.5 Å². The van der Waals surface area contributed by atoms with E-state index < -0.39 is 0 Å². The highest BCUT2D eigenvalue weighted by atomic mass is 16.4. The number of nitrogens with zero attached hydrogens (tertiary/aromatic N) is 2. The highest BCUT2D eigenvalue weighted by Crippen LogP contribution is 1.81. The fraction of sp³-hybridized carbons (Fsp3) is 0. The van der Waals surface area contributed by atoms with Crippen LogP contribution in [0.25, 0.3) is 0 Å². The molecule has 53 valence electrons. The van der Waals surface area contributed by atoms with Gasteiger partial charge in [0, 0.05) is 12.4 Å². The topological polar surface area (TPSA) is 92.3 Å². The van der Waals surface area contributed by atoms with Crippen LogP contribution in [0.3, 0.4) is 0 Å². The average molecular weight is 140 g/mol. The first kappa shape index (κ1) is 8.86. The molecule has 10 heavy (non-hydrogen) atoms. The van der Waals surface area contributed by atoms with Crippen LogP contribution in [0.2, 0.25) is 0 Å². The molecule has 1 heterocycles. The van der Waals surface area contributed by atoms with Crippen molar-refractivity contribution in [1.82, 2.24) is 9.97 Å². The number of rotatable bonds is 0. The van der Waals surface area contributed by atoms with E-state index in [1.807, 2.05) is 0 Å². The molecule has 0 saturated carbocycles. The van der Waals surface area contributed by atoms with Crippen molar-refractivity contribution in [2.45, 2.75) is 0 Å². The number of anilines is 1. The Morgan fingerprint density at radius 2 is 1.70 bits per heavy atom. The van der Waals surface area contributed by atoms with E-state index >= 15 is 0 Å². The summed E-state index contributed by atoms with van der Waals surface area (Å²) in [4.78, 5) is 7.29. The molecule has 1 radical (unpaired) electrons. The van der Waals surface area contributed by atoms with Crippen molar-refractivity contribution in [3.05, 3.63) is 18.5 Å². The van der Waals surface area contributed by atoms with Gasteiger partial charge < -0.3 is 15.8 Å². The number of nitrogens with two attached hydrogens (primary N) is 1. The molecule has 0 fully saturated rings. The van der Waals surface area contributed by atoms with E-state index in [1.165, 1.54) is 0 Å². The zero-order valence-corrected chi connectivity index (χ0v) is 5.18. The van der Waals surface area contributed by atoms with Gasteiger partial charge in [-0.2, -0.15) is 0 Å². The third kappa shape index (κ3) is 5.01. The van der Waals surface area contributed by atoms with Gasteiger partial charge >= 0.3 is 7.69 Å². The molecule has 0 atom stereocenters. The quantitative estimate of drug-likeness (QED) is 0.384. The molecule has 0 aliphatic heterocycles. The summed E-state index contributed by atoms with van der Waals surface area (Å²) in [6.45, 7) is 0. The number of hydrogen-bond donors (Lipinski definition) is 3. The maximum Gasteiger partial charge on any atom is 0.482 e. The fourth-order valence-electron chi connectivity index (χ4n) is 0.311. The molecule has 5 nitrogen and oxygen atoms in total. The zero-order chi connectivity index (χ0) is 7.82. The Morgan fingerprint density at radius 3 is 1.90 bits per heavy atom. The lowest BCUT2D eigenvalue weighted by Gasteiger charge is -1.82. The van der Waals surface area contributed by atoms with Gasteiger partial charge in [0.25, 0.3) is 0 Å². The molecule has 0 unspecified atom stereocenters. The van der Waals surface area contributed by atoms with Crippen molar-refractivity contribution in [3.63, 3.8) is 0 Å².